The molecule has 0 spiro atoms. The predicted octanol–water partition coefficient (Wildman–Crippen LogP) is 6.90. The average molecular weight is 501 g/mol. The zero-order chi connectivity index (χ0) is 25.8. The van der Waals surface area contributed by atoms with Crippen molar-refractivity contribution >= 4 is 16.9 Å². The van der Waals surface area contributed by atoms with Crippen LogP contribution in [0.4, 0.5) is 0 Å². The number of hydrogen-bond acceptors (Lipinski definition) is 3. The molecule has 37 heavy (non-hydrogen) atoms. The molecule has 5 rings (SSSR count). The maximum Gasteiger partial charge on any atom is 0.254 e. The molecule has 1 atom stereocenters. The Balaban J connectivity index is 1.38. The molecule has 2 heterocycles. The van der Waals surface area contributed by atoms with Crippen molar-refractivity contribution in [1.82, 2.24) is 19.4 Å². The second-order valence-electron chi connectivity index (χ2n) is 11.7. The van der Waals surface area contributed by atoms with Crippen LogP contribution in [0.5, 0.6) is 0 Å². The van der Waals surface area contributed by atoms with Gasteiger partial charge in [-0.05, 0) is 86.7 Å². The number of carbonyl (C=O) groups is 1. The Hall–Kier alpha value is -2.66. The minimum Gasteiger partial charge on any atom is -0.331 e. The number of fused-ring (bicyclic) bond motifs is 1. The number of aromatic nitrogens is 2. The highest BCUT2D eigenvalue weighted by molar-refractivity contribution is 5.94. The molecule has 2 aliphatic rings. The molecule has 2 aromatic carbocycles. The summed E-state index contributed by atoms with van der Waals surface area (Å²) in [5.41, 5.74) is 4.27. The van der Waals surface area contributed by atoms with Crippen LogP contribution in [0.1, 0.15) is 87.5 Å². The lowest BCUT2D eigenvalue weighted by Gasteiger charge is -2.35. The summed E-state index contributed by atoms with van der Waals surface area (Å²) in [5.74, 6) is 2.42. The number of imidazole rings is 1. The van der Waals surface area contributed by atoms with Gasteiger partial charge in [-0.2, -0.15) is 0 Å². The zero-order valence-electron chi connectivity index (χ0n) is 23.0. The molecule has 3 aromatic rings. The first-order chi connectivity index (χ1) is 18.0. The van der Waals surface area contributed by atoms with Crippen LogP contribution in [0, 0.1) is 11.8 Å². The van der Waals surface area contributed by atoms with Crippen LogP contribution >= 0.6 is 0 Å². The summed E-state index contributed by atoms with van der Waals surface area (Å²) in [6.07, 6.45) is 8.68. The Kier molecular flexibility index (Phi) is 8.29. The quantitative estimate of drug-likeness (QED) is 0.288. The van der Waals surface area contributed by atoms with Crippen LogP contribution in [0.15, 0.2) is 48.5 Å². The maximum atomic E-state index is 14.0. The number of rotatable bonds is 11. The van der Waals surface area contributed by atoms with Gasteiger partial charge in [0.1, 0.15) is 5.82 Å². The molecule has 5 heteroatoms. The van der Waals surface area contributed by atoms with Crippen molar-refractivity contribution in [2.24, 2.45) is 11.8 Å². The number of carbonyl (C=O) groups excluding carboxylic acids is 1. The largest absolute Gasteiger partial charge is 0.331 e. The second kappa shape index (κ2) is 11.8. The van der Waals surface area contributed by atoms with E-state index in [1.54, 1.807) is 0 Å². The monoisotopic (exact) mass is 500 g/mol. The Morgan fingerprint density at radius 2 is 1.92 bits per heavy atom. The van der Waals surface area contributed by atoms with E-state index < -0.39 is 0 Å². The Bertz CT molecular complexity index is 1190. The minimum absolute atomic E-state index is 0.123. The number of piperidine rings is 1. The van der Waals surface area contributed by atoms with Gasteiger partial charge in [-0.15, -0.1) is 0 Å². The van der Waals surface area contributed by atoms with Crippen LogP contribution in [0.25, 0.3) is 11.0 Å². The van der Waals surface area contributed by atoms with Gasteiger partial charge in [0.15, 0.2) is 0 Å². The number of para-hydroxylation sites is 2. The van der Waals surface area contributed by atoms with Gasteiger partial charge in [-0.25, -0.2) is 4.98 Å². The number of nitrogens with zero attached hydrogens (tertiary/aromatic N) is 4. The SMILES string of the molecule is CCC1CCCCN1Cc1cccc(C(=O)N(CCC(C)C)Cc2nc3ccccc3n2CC2CC2)c1. The Labute approximate surface area is 222 Å². The number of hydrogen-bond donors (Lipinski definition) is 0. The number of likely N-dealkylation sites (tertiary alicyclic amines) is 1. The van der Waals surface area contributed by atoms with E-state index in [2.05, 4.69) is 72.7 Å². The van der Waals surface area contributed by atoms with Gasteiger partial charge in [-0.3, -0.25) is 9.69 Å². The highest BCUT2D eigenvalue weighted by atomic mass is 16.2. The molecule has 2 fully saturated rings. The molecule has 1 saturated heterocycles. The van der Waals surface area contributed by atoms with E-state index in [-0.39, 0.29) is 5.91 Å². The topological polar surface area (TPSA) is 41.4 Å². The predicted molar refractivity (Wildman–Crippen MR) is 151 cm³/mol. The molecule has 1 aromatic heterocycles. The lowest BCUT2D eigenvalue weighted by atomic mass is 9.99. The van der Waals surface area contributed by atoms with Crippen LogP contribution < -0.4 is 0 Å². The van der Waals surface area contributed by atoms with Gasteiger partial charge in [0.05, 0.1) is 17.6 Å². The summed E-state index contributed by atoms with van der Waals surface area (Å²) >= 11 is 0. The summed E-state index contributed by atoms with van der Waals surface area (Å²) in [6.45, 7) is 11.2. The normalized spacial score (nSPS) is 18.5. The third-order valence-corrected chi connectivity index (χ3v) is 8.25. The summed E-state index contributed by atoms with van der Waals surface area (Å²) in [5, 5.41) is 0. The minimum atomic E-state index is 0.123. The molecular formula is C32H44N4O. The molecule has 1 unspecified atom stereocenters. The maximum absolute atomic E-state index is 14.0. The third kappa shape index (κ3) is 6.43. The molecule has 1 amide bonds. The summed E-state index contributed by atoms with van der Waals surface area (Å²) < 4.78 is 2.38. The summed E-state index contributed by atoms with van der Waals surface area (Å²) in [6, 6.07) is 17.5. The Morgan fingerprint density at radius 3 is 2.70 bits per heavy atom. The second-order valence-corrected chi connectivity index (χ2v) is 11.7. The van der Waals surface area contributed by atoms with Crippen molar-refractivity contribution < 1.29 is 4.79 Å². The van der Waals surface area contributed by atoms with E-state index in [9.17, 15) is 4.79 Å². The fourth-order valence-electron chi connectivity index (χ4n) is 5.80. The lowest BCUT2D eigenvalue weighted by molar-refractivity contribution is 0.0729. The van der Waals surface area contributed by atoms with Gasteiger partial charge >= 0.3 is 0 Å². The smallest absolute Gasteiger partial charge is 0.254 e. The van der Waals surface area contributed by atoms with Crippen molar-refractivity contribution in [2.75, 3.05) is 13.1 Å². The Morgan fingerprint density at radius 1 is 1.08 bits per heavy atom. The van der Waals surface area contributed by atoms with Crippen LogP contribution in [-0.2, 0) is 19.6 Å². The zero-order valence-corrected chi connectivity index (χ0v) is 23.0. The van der Waals surface area contributed by atoms with Crippen molar-refractivity contribution in [2.45, 2.75) is 91.4 Å². The fourth-order valence-corrected chi connectivity index (χ4v) is 5.80. The van der Waals surface area contributed by atoms with E-state index in [1.165, 1.54) is 49.6 Å². The third-order valence-electron chi connectivity index (χ3n) is 8.25. The van der Waals surface area contributed by atoms with Crippen molar-refractivity contribution in [3.8, 4) is 0 Å². The van der Waals surface area contributed by atoms with Crippen molar-refractivity contribution in [3.05, 3.63) is 65.5 Å². The molecule has 0 N–H and O–H groups in total. The lowest BCUT2D eigenvalue weighted by Crippen LogP contribution is -2.38. The van der Waals surface area contributed by atoms with Crippen LogP contribution in [0.3, 0.4) is 0 Å². The molecule has 198 valence electrons. The molecule has 0 radical (unpaired) electrons. The first-order valence-corrected chi connectivity index (χ1v) is 14.6. The highest BCUT2D eigenvalue weighted by Gasteiger charge is 2.26. The van der Waals surface area contributed by atoms with Gasteiger partial charge in [-0.1, -0.05) is 51.5 Å². The van der Waals surface area contributed by atoms with E-state index in [1.807, 2.05) is 11.0 Å². The standard InChI is InChI=1S/C32H44N4O/c1-4-28-12-7-8-18-34(28)21-26-10-9-11-27(20-26)32(37)35(19-17-24(2)3)23-31-33-29-13-5-6-14-30(29)36(31)22-25-15-16-25/h5-6,9-11,13-14,20,24-25,28H,4,7-8,12,15-19,21-23H2,1-3H3. The summed E-state index contributed by atoms with van der Waals surface area (Å²) in [4.78, 5) is 23.6. The molecule has 1 saturated carbocycles. The number of amides is 1. The molecule has 1 aliphatic heterocycles. The van der Waals surface area contributed by atoms with Crippen molar-refractivity contribution in [1.29, 1.82) is 0 Å². The first-order valence-electron chi connectivity index (χ1n) is 14.6. The molecule has 5 nitrogen and oxygen atoms in total. The fraction of sp³-hybridized carbons (Fsp3) is 0.562. The van der Waals surface area contributed by atoms with E-state index in [0.717, 1.165) is 55.4 Å². The summed E-state index contributed by atoms with van der Waals surface area (Å²) in [7, 11) is 0. The van der Waals surface area contributed by atoms with E-state index in [0.29, 0.717) is 18.5 Å². The average Bonchev–Trinajstić information content (AvgIpc) is 3.67. The first kappa shape index (κ1) is 26.0. The highest BCUT2D eigenvalue weighted by Crippen LogP contribution is 2.33. The number of benzene rings is 2. The molecule has 0 bridgehead atoms. The van der Waals surface area contributed by atoms with Gasteiger partial charge in [0.25, 0.3) is 5.91 Å². The van der Waals surface area contributed by atoms with E-state index >= 15 is 0 Å². The van der Waals surface area contributed by atoms with Gasteiger partial charge in [0.2, 0.25) is 0 Å². The molecular weight excluding hydrogens is 456 g/mol. The van der Waals surface area contributed by atoms with Crippen LogP contribution in [-0.4, -0.2) is 44.4 Å². The molecule has 1 aliphatic carbocycles. The van der Waals surface area contributed by atoms with Crippen LogP contribution in [0.2, 0.25) is 0 Å². The van der Waals surface area contributed by atoms with Gasteiger partial charge < -0.3 is 9.47 Å². The van der Waals surface area contributed by atoms with E-state index in [4.69, 9.17) is 4.98 Å². The van der Waals surface area contributed by atoms with Crippen molar-refractivity contribution in [3.63, 3.8) is 0 Å². The van der Waals surface area contributed by atoms with Gasteiger partial charge in [0, 0.05) is 31.2 Å².